The van der Waals surface area contributed by atoms with Crippen molar-refractivity contribution < 1.29 is 0 Å². The van der Waals surface area contributed by atoms with E-state index in [2.05, 4.69) is 29.1 Å². The zero-order chi connectivity index (χ0) is 13.7. The molecule has 0 spiro atoms. The molecule has 2 aromatic rings. The number of hydrogen-bond acceptors (Lipinski definition) is 4. The molecule has 1 atom stereocenters. The predicted octanol–water partition coefficient (Wildman–Crippen LogP) is 3.18. The van der Waals surface area contributed by atoms with E-state index in [-0.39, 0.29) is 0 Å². The van der Waals surface area contributed by atoms with Gasteiger partial charge in [-0.3, -0.25) is 0 Å². The van der Waals surface area contributed by atoms with Crippen LogP contribution in [0.25, 0.3) is 11.4 Å². The molecule has 1 aromatic carbocycles. The second-order valence-corrected chi connectivity index (χ2v) is 4.76. The van der Waals surface area contributed by atoms with Crippen LogP contribution in [0.1, 0.15) is 20.3 Å². The molecule has 19 heavy (non-hydrogen) atoms. The topological polar surface area (TPSA) is 63.8 Å². The van der Waals surface area contributed by atoms with Crippen molar-refractivity contribution >= 4 is 11.6 Å². The smallest absolute Gasteiger partial charge is 0.163 e. The lowest BCUT2D eigenvalue weighted by atomic mass is 10.1. The molecule has 4 nitrogen and oxygen atoms in total. The van der Waals surface area contributed by atoms with Crippen LogP contribution in [-0.2, 0) is 0 Å². The SMILES string of the molecule is CCC(C)CNc1cc(N)nc(-c2ccccc2)n1. The van der Waals surface area contributed by atoms with Gasteiger partial charge in [-0.25, -0.2) is 9.97 Å². The molecule has 0 aliphatic rings. The Morgan fingerprint density at radius 1 is 1.21 bits per heavy atom. The Bertz CT molecular complexity index is 525. The van der Waals surface area contributed by atoms with Crippen molar-refractivity contribution in [2.24, 2.45) is 5.92 Å². The summed E-state index contributed by atoms with van der Waals surface area (Å²) >= 11 is 0. The minimum absolute atomic E-state index is 0.487. The first-order chi connectivity index (χ1) is 9.19. The van der Waals surface area contributed by atoms with Crippen LogP contribution in [-0.4, -0.2) is 16.5 Å². The highest BCUT2D eigenvalue weighted by molar-refractivity contribution is 5.60. The molecule has 100 valence electrons. The van der Waals surface area contributed by atoms with E-state index in [1.165, 1.54) is 0 Å². The molecule has 1 aromatic heterocycles. The van der Waals surface area contributed by atoms with Gasteiger partial charge in [0, 0.05) is 18.2 Å². The van der Waals surface area contributed by atoms with E-state index in [0.717, 1.165) is 24.3 Å². The van der Waals surface area contributed by atoms with E-state index >= 15 is 0 Å². The Hall–Kier alpha value is -2.10. The Morgan fingerprint density at radius 3 is 2.63 bits per heavy atom. The van der Waals surface area contributed by atoms with Crippen molar-refractivity contribution in [1.82, 2.24) is 9.97 Å². The average molecular weight is 256 g/mol. The number of nitrogens with zero attached hydrogens (tertiary/aromatic N) is 2. The van der Waals surface area contributed by atoms with Crippen LogP contribution in [0.2, 0.25) is 0 Å². The summed E-state index contributed by atoms with van der Waals surface area (Å²) in [7, 11) is 0. The Balaban J connectivity index is 2.20. The molecular weight excluding hydrogens is 236 g/mol. The monoisotopic (exact) mass is 256 g/mol. The molecule has 1 unspecified atom stereocenters. The van der Waals surface area contributed by atoms with Crippen LogP contribution in [0.15, 0.2) is 36.4 Å². The van der Waals surface area contributed by atoms with Crippen LogP contribution in [0.5, 0.6) is 0 Å². The summed E-state index contributed by atoms with van der Waals surface area (Å²) < 4.78 is 0. The number of hydrogen-bond donors (Lipinski definition) is 2. The summed E-state index contributed by atoms with van der Waals surface area (Å²) in [5.74, 6) is 2.54. The van der Waals surface area contributed by atoms with Gasteiger partial charge in [-0.2, -0.15) is 0 Å². The number of nitrogens with two attached hydrogens (primary N) is 1. The highest BCUT2D eigenvalue weighted by atomic mass is 15.0. The molecule has 0 bridgehead atoms. The average Bonchev–Trinajstić information content (AvgIpc) is 2.45. The summed E-state index contributed by atoms with van der Waals surface area (Å²) in [6.07, 6.45) is 1.14. The van der Waals surface area contributed by atoms with Gasteiger partial charge in [-0.05, 0) is 5.92 Å². The van der Waals surface area contributed by atoms with Gasteiger partial charge in [-0.1, -0.05) is 50.6 Å². The molecule has 0 saturated carbocycles. The largest absolute Gasteiger partial charge is 0.384 e. The maximum absolute atomic E-state index is 5.84. The molecule has 0 radical (unpaired) electrons. The second kappa shape index (κ2) is 6.18. The van der Waals surface area contributed by atoms with E-state index in [1.807, 2.05) is 30.3 Å². The maximum atomic E-state index is 5.84. The third kappa shape index (κ3) is 3.68. The maximum Gasteiger partial charge on any atom is 0.163 e. The van der Waals surface area contributed by atoms with Crippen LogP contribution in [0.3, 0.4) is 0 Å². The number of nitrogens with one attached hydrogen (secondary N) is 1. The zero-order valence-electron chi connectivity index (χ0n) is 11.4. The van der Waals surface area contributed by atoms with E-state index in [1.54, 1.807) is 6.07 Å². The van der Waals surface area contributed by atoms with Gasteiger partial charge in [0.05, 0.1) is 0 Å². The molecule has 0 fully saturated rings. The second-order valence-electron chi connectivity index (χ2n) is 4.76. The summed E-state index contributed by atoms with van der Waals surface area (Å²) in [6.45, 7) is 5.27. The highest BCUT2D eigenvalue weighted by Crippen LogP contribution is 2.18. The normalized spacial score (nSPS) is 12.1. The first kappa shape index (κ1) is 13.3. The van der Waals surface area contributed by atoms with Gasteiger partial charge in [-0.15, -0.1) is 0 Å². The van der Waals surface area contributed by atoms with E-state index in [4.69, 9.17) is 5.73 Å². The lowest BCUT2D eigenvalue weighted by molar-refractivity contribution is 0.592. The van der Waals surface area contributed by atoms with Crippen molar-refractivity contribution in [3.63, 3.8) is 0 Å². The van der Waals surface area contributed by atoms with E-state index in [9.17, 15) is 0 Å². The molecule has 0 saturated heterocycles. The Kier molecular flexibility index (Phi) is 4.34. The number of rotatable bonds is 5. The third-order valence-electron chi connectivity index (χ3n) is 3.11. The van der Waals surface area contributed by atoms with Crippen LogP contribution in [0, 0.1) is 5.92 Å². The Labute approximate surface area is 114 Å². The Morgan fingerprint density at radius 2 is 1.95 bits per heavy atom. The molecule has 0 amide bonds. The predicted molar refractivity (Wildman–Crippen MR) is 79.8 cm³/mol. The lowest BCUT2D eigenvalue weighted by Crippen LogP contribution is -2.12. The molecule has 3 N–H and O–H groups in total. The van der Waals surface area contributed by atoms with Crippen molar-refractivity contribution in [3.8, 4) is 11.4 Å². The standard InChI is InChI=1S/C15H20N4/c1-3-11(2)10-17-14-9-13(16)18-15(19-14)12-7-5-4-6-8-12/h4-9,11H,3,10H2,1-2H3,(H3,16,17,18,19). The van der Waals surface area contributed by atoms with Gasteiger partial charge in [0.15, 0.2) is 5.82 Å². The van der Waals surface area contributed by atoms with E-state index < -0.39 is 0 Å². The molecule has 2 rings (SSSR count). The van der Waals surface area contributed by atoms with E-state index in [0.29, 0.717) is 17.6 Å². The highest BCUT2D eigenvalue weighted by Gasteiger charge is 2.06. The van der Waals surface area contributed by atoms with Gasteiger partial charge < -0.3 is 11.1 Å². The number of benzene rings is 1. The summed E-state index contributed by atoms with van der Waals surface area (Å²) in [5, 5.41) is 3.32. The van der Waals surface area contributed by atoms with Crippen molar-refractivity contribution in [3.05, 3.63) is 36.4 Å². The quantitative estimate of drug-likeness (QED) is 0.862. The fourth-order valence-corrected chi connectivity index (χ4v) is 1.70. The first-order valence-electron chi connectivity index (χ1n) is 6.63. The first-order valence-corrected chi connectivity index (χ1v) is 6.63. The fourth-order valence-electron chi connectivity index (χ4n) is 1.70. The summed E-state index contributed by atoms with van der Waals surface area (Å²) in [4.78, 5) is 8.79. The molecular formula is C15H20N4. The van der Waals surface area contributed by atoms with Crippen molar-refractivity contribution in [1.29, 1.82) is 0 Å². The molecule has 4 heteroatoms. The van der Waals surface area contributed by atoms with Crippen LogP contribution < -0.4 is 11.1 Å². The van der Waals surface area contributed by atoms with Gasteiger partial charge in [0.1, 0.15) is 11.6 Å². The molecule has 0 aliphatic carbocycles. The lowest BCUT2D eigenvalue weighted by Gasteiger charge is -2.12. The number of aromatic nitrogens is 2. The van der Waals surface area contributed by atoms with Crippen molar-refractivity contribution in [2.75, 3.05) is 17.6 Å². The van der Waals surface area contributed by atoms with Gasteiger partial charge >= 0.3 is 0 Å². The minimum Gasteiger partial charge on any atom is -0.384 e. The van der Waals surface area contributed by atoms with Gasteiger partial charge in [0.25, 0.3) is 0 Å². The zero-order valence-corrected chi connectivity index (χ0v) is 11.4. The van der Waals surface area contributed by atoms with Crippen LogP contribution in [0.4, 0.5) is 11.6 Å². The third-order valence-corrected chi connectivity index (χ3v) is 3.11. The summed E-state index contributed by atoms with van der Waals surface area (Å²) in [5.41, 5.74) is 6.82. The van der Waals surface area contributed by atoms with Crippen molar-refractivity contribution in [2.45, 2.75) is 20.3 Å². The molecule has 0 aliphatic heterocycles. The van der Waals surface area contributed by atoms with Crippen LogP contribution >= 0.6 is 0 Å². The minimum atomic E-state index is 0.487. The fraction of sp³-hybridized carbons (Fsp3) is 0.333. The van der Waals surface area contributed by atoms with Gasteiger partial charge in [0.2, 0.25) is 0 Å². The summed E-state index contributed by atoms with van der Waals surface area (Å²) in [6, 6.07) is 11.6. The molecule has 1 heterocycles. The number of anilines is 2. The number of nitrogen functional groups attached to an aromatic ring is 1.